The first-order chi connectivity index (χ1) is 8.02. The molecule has 2 rings (SSSR count). The second kappa shape index (κ2) is 4.24. The van der Waals surface area contributed by atoms with Crippen LogP contribution in [0.1, 0.15) is 33.6 Å². The van der Waals surface area contributed by atoms with Crippen LogP contribution in [0.15, 0.2) is 18.6 Å². The Labute approximate surface area is 101 Å². The molecular weight excluding hydrogens is 214 g/mol. The lowest BCUT2D eigenvalue weighted by atomic mass is 9.99. The molecule has 0 aromatic carbocycles. The summed E-state index contributed by atoms with van der Waals surface area (Å²) in [6, 6.07) is 0. The molecule has 0 aliphatic heterocycles. The van der Waals surface area contributed by atoms with Crippen molar-refractivity contribution >= 4 is 17.3 Å². The molecule has 0 saturated heterocycles. The van der Waals surface area contributed by atoms with Gasteiger partial charge < -0.3 is 15.5 Å². The first-order valence-corrected chi connectivity index (χ1v) is 5.89. The highest BCUT2D eigenvalue weighted by Gasteiger charge is 2.18. The fourth-order valence-corrected chi connectivity index (χ4v) is 2.04. The van der Waals surface area contributed by atoms with Crippen LogP contribution in [0.25, 0.3) is 5.65 Å². The molecule has 0 unspecified atom stereocenters. The van der Waals surface area contributed by atoms with Gasteiger partial charge in [-0.3, -0.25) is 0 Å². The number of fused-ring (bicyclic) bond motifs is 1. The van der Waals surface area contributed by atoms with E-state index in [1.165, 1.54) is 0 Å². The lowest BCUT2D eigenvalue weighted by Gasteiger charge is -2.26. The second-order valence-corrected chi connectivity index (χ2v) is 4.93. The third-order valence-corrected chi connectivity index (χ3v) is 2.72. The van der Waals surface area contributed by atoms with E-state index in [1.807, 2.05) is 10.6 Å². The van der Waals surface area contributed by atoms with Crippen molar-refractivity contribution in [3.8, 4) is 0 Å². The number of hydrogen-bond donors (Lipinski definition) is 2. The molecule has 5 heteroatoms. The average molecular weight is 233 g/mol. The zero-order valence-corrected chi connectivity index (χ0v) is 10.6. The number of hydrogen-bond acceptors (Lipinski definition) is 4. The maximum absolute atomic E-state index is 5.78. The summed E-state index contributed by atoms with van der Waals surface area (Å²) in [7, 11) is 0. The Bertz CT molecular complexity index is 515. The predicted molar refractivity (Wildman–Crippen MR) is 70.0 cm³/mol. The van der Waals surface area contributed by atoms with E-state index in [0.717, 1.165) is 24.3 Å². The largest absolute Gasteiger partial charge is 0.382 e. The molecule has 3 N–H and O–H groups in total. The third-order valence-electron chi connectivity index (χ3n) is 2.72. The summed E-state index contributed by atoms with van der Waals surface area (Å²) in [5.74, 6) is 1.23. The number of rotatable bonds is 4. The normalized spacial score (nSPS) is 11.9. The van der Waals surface area contributed by atoms with E-state index in [1.54, 1.807) is 12.4 Å². The smallest absolute Gasteiger partial charge is 0.180 e. The SMILES string of the molecule is CCCC(C)(C)Nc1nc(N)cn2ccnc12. The van der Waals surface area contributed by atoms with Crippen LogP contribution < -0.4 is 11.1 Å². The molecule has 2 aromatic rings. The van der Waals surface area contributed by atoms with Crippen LogP contribution in [0.5, 0.6) is 0 Å². The van der Waals surface area contributed by atoms with Crippen LogP contribution in [0.4, 0.5) is 11.6 Å². The van der Waals surface area contributed by atoms with Crippen LogP contribution in [-0.2, 0) is 0 Å². The molecule has 17 heavy (non-hydrogen) atoms. The van der Waals surface area contributed by atoms with Crippen LogP contribution in [0, 0.1) is 0 Å². The van der Waals surface area contributed by atoms with E-state index in [0.29, 0.717) is 5.82 Å². The van der Waals surface area contributed by atoms with Crippen molar-refractivity contribution in [1.82, 2.24) is 14.4 Å². The highest BCUT2D eigenvalue weighted by Crippen LogP contribution is 2.22. The summed E-state index contributed by atoms with van der Waals surface area (Å²) < 4.78 is 1.88. The number of nitrogens with zero attached hydrogens (tertiary/aromatic N) is 3. The minimum atomic E-state index is -0.0119. The first kappa shape index (κ1) is 11.7. The van der Waals surface area contributed by atoms with E-state index in [-0.39, 0.29) is 5.54 Å². The van der Waals surface area contributed by atoms with Gasteiger partial charge in [-0.1, -0.05) is 13.3 Å². The number of aromatic nitrogens is 3. The predicted octanol–water partition coefficient (Wildman–Crippen LogP) is 2.30. The van der Waals surface area contributed by atoms with Gasteiger partial charge in [-0.15, -0.1) is 0 Å². The van der Waals surface area contributed by atoms with Crippen molar-refractivity contribution in [1.29, 1.82) is 0 Å². The third kappa shape index (κ3) is 2.49. The second-order valence-electron chi connectivity index (χ2n) is 4.93. The summed E-state index contributed by atoms with van der Waals surface area (Å²) >= 11 is 0. The van der Waals surface area contributed by atoms with Gasteiger partial charge in [0.2, 0.25) is 0 Å². The zero-order valence-electron chi connectivity index (χ0n) is 10.6. The standard InChI is InChI=1S/C12H19N5/c1-4-5-12(2,3)16-10-11-14-6-7-17(11)8-9(13)15-10/h6-8H,4-5,13H2,1-3H3,(H,15,16). The van der Waals surface area contributed by atoms with Crippen molar-refractivity contribution in [2.45, 2.75) is 39.2 Å². The number of nitrogen functional groups attached to an aromatic ring is 1. The molecule has 0 saturated carbocycles. The minimum Gasteiger partial charge on any atom is -0.382 e. The molecule has 2 aromatic heterocycles. The Morgan fingerprint density at radius 2 is 2.24 bits per heavy atom. The van der Waals surface area contributed by atoms with E-state index >= 15 is 0 Å². The molecule has 0 amide bonds. The number of anilines is 2. The quantitative estimate of drug-likeness (QED) is 0.850. The van der Waals surface area contributed by atoms with E-state index in [2.05, 4.69) is 36.1 Å². The average Bonchev–Trinajstić information content (AvgIpc) is 2.64. The van der Waals surface area contributed by atoms with Gasteiger partial charge in [0.1, 0.15) is 5.82 Å². The van der Waals surface area contributed by atoms with Crippen molar-refractivity contribution in [2.24, 2.45) is 0 Å². The van der Waals surface area contributed by atoms with Gasteiger partial charge in [0.25, 0.3) is 0 Å². The number of nitrogens with one attached hydrogen (secondary N) is 1. The monoisotopic (exact) mass is 233 g/mol. The first-order valence-electron chi connectivity index (χ1n) is 5.89. The van der Waals surface area contributed by atoms with Gasteiger partial charge in [0.05, 0.1) is 6.20 Å². The van der Waals surface area contributed by atoms with Crippen molar-refractivity contribution in [3.05, 3.63) is 18.6 Å². The topological polar surface area (TPSA) is 68.2 Å². The maximum atomic E-state index is 5.78. The summed E-state index contributed by atoms with van der Waals surface area (Å²) in [5.41, 5.74) is 6.57. The van der Waals surface area contributed by atoms with Crippen LogP contribution in [0.2, 0.25) is 0 Å². The zero-order chi connectivity index (χ0) is 12.5. The van der Waals surface area contributed by atoms with E-state index in [9.17, 15) is 0 Å². The van der Waals surface area contributed by atoms with E-state index < -0.39 is 0 Å². The molecule has 0 radical (unpaired) electrons. The van der Waals surface area contributed by atoms with Crippen molar-refractivity contribution < 1.29 is 0 Å². The Hall–Kier alpha value is -1.78. The molecular formula is C12H19N5. The summed E-state index contributed by atoms with van der Waals surface area (Å²) in [6.07, 6.45) is 7.56. The molecule has 0 spiro atoms. The van der Waals surface area contributed by atoms with E-state index in [4.69, 9.17) is 5.73 Å². The number of imidazole rings is 1. The lowest BCUT2D eigenvalue weighted by Crippen LogP contribution is -2.31. The van der Waals surface area contributed by atoms with Gasteiger partial charge >= 0.3 is 0 Å². The fraction of sp³-hybridized carbons (Fsp3) is 0.500. The molecule has 0 atom stereocenters. The summed E-state index contributed by atoms with van der Waals surface area (Å²) in [6.45, 7) is 6.48. The molecule has 5 nitrogen and oxygen atoms in total. The van der Waals surface area contributed by atoms with Gasteiger partial charge in [0, 0.05) is 17.9 Å². The van der Waals surface area contributed by atoms with Crippen molar-refractivity contribution in [3.63, 3.8) is 0 Å². The van der Waals surface area contributed by atoms with Crippen LogP contribution in [-0.4, -0.2) is 19.9 Å². The Morgan fingerprint density at radius 3 is 2.94 bits per heavy atom. The molecule has 0 bridgehead atoms. The Morgan fingerprint density at radius 1 is 1.47 bits per heavy atom. The maximum Gasteiger partial charge on any atom is 0.180 e. The number of nitrogens with two attached hydrogens (primary N) is 1. The Balaban J connectivity index is 2.37. The van der Waals surface area contributed by atoms with Crippen molar-refractivity contribution in [2.75, 3.05) is 11.1 Å². The summed E-state index contributed by atoms with van der Waals surface area (Å²) in [4.78, 5) is 8.61. The van der Waals surface area contributed by atoms with Gasteiger partial charge in [-0.2, -0.15) is 0 Å². The van der Waals surface area contributed by atoms with Gasteiger partial charge in [-0.25, -0.2) is 9.97 Å². The Kier molecular flexibility index (Phi) is 2.92. The van der Waals surface area contributed by atoms with Crippen LogP contribution in [0.3, 0.4) is 0 Å². The minimum absolute atomic E-state index is 0.0119. The highest BCUT2D eigenvalue weighted by atomic mass is 15.1. The lowest BCUT2D eigenvalue weighted by molar-refractivity contribution is 0.509. The molecule has 0 aliphatic rings. The van der Waals surface area contributed by atoms with Gasteiger partial charge in [-0.05, 0) is 20.3 Å². The highest BCUT2D eigenvalue weighted by molar-refractivity contribution is 5.65. The van der Waals surface area contributed by atoms with Gasteiger partial charge in [0.15, 0.2) is 11.5 Å². The molecule has 0 fully saturated rings. The molecule has 92 valence electrons. The summed E-state index contributed by atoms with van der Waals surface area (Å²) in [5, 5.41) is 3.41. The fourth-order valence-electron chi connectivity index (χ4n) is 2.04. The molecule has 2 heterocycles. The molecule has 0 aliphatic carbocycles. The van der Waals surface area contributed by atoms with Crippen LogP contribution >= 0.6 is 0 Å².